The summed E-state index contributed by atoms with van der Waals surface area (Å²) in [6.45, 7) is -1.34. The van der Waals surface area contributed by atoms with Crippen LogP contribution in [-0.2, 0) is 16.0 Å². The van der Waals surface area contributed by atoms with E-state index in [4.69, 9.17) is 5.11 Å². The van der Waals surface area contributed by atoms with E-state index in [2.05, 4.69) is 5.32 Å². The molecule has 0 spiro atoms. The Morgan fingerprint density at radius 3 is 2.44 bits per heavy atom. The quantitative estimate of drug-likeness (QED) is 0.806. The van der Waals surface area contributed by atoms with E-state index in [1.165, 1.54) is 12.1 Å². The molecular weight excluding hydrogens is 341 g/mol. The van der Waals surface area contributed by atoms with E-state index in [1.54, 1.807) is 12.1 Å². The van der Waals surface area contributed by atoms with Crippen LogP contribution in [0.15, 0.2) is 24.3 Å². The third kappa shape index (κ3) is 5.47. The lowest BCUT2D eigenvalue weighted by molar-refractivity contribution is -0.157. The first-order valence-electron chi connectivity index (χ1n) is 7.60. The minimum Gasteiger partial charge on any atom is -0.478 e. The summed E-state index contributed by atoms with van der Waals surface area (Å²) in [5.74, 6) is -2.96. The van der Waals surface area contributed by atoms with E-state index in [-0.39, 0.29) is 25.1 Å². The Hall–Kier alpha value is -2.58. The summed E-state index contributed by atoms with van der Waals surface area (Å²) < 4.78 is 37.0. The van der Waals surface area contributed by atoms with Gasteiger partial charge in [-0.15, -0.1) is 0 Å². The van der Waals surface area contributed by atoms with Crippen molar-refractivity contribution in [3.8, 4) is 0 Å². The molecule has 0 bridgehead atoms. The molecule has 0 unspecified atom stereocenters. The number of carbonyl (C=O) groups excluding carboxylic acids is 2. The SMILES string of the molecule is O=C(O)c1ccc(CCNC(=O)[C@@H]2CC(=O)N(CC(F)(F)F)C2)cc1. The van der Waals surface area contributed by atoms with Gasteiger partial charge < -0.3 is 15.3 Å². The molecule has 1 aliphatic heterocycles. The van der Waals surface area contributed by atoms with Crippen molar-refractivity contribution in [2.24, 2.45) is 5.92 Å². The molecule has 1 aromatic rings. The standard InChI is InChI=1S/C16H17F3N2O4/c17-16(18,19)9-21-8-12(7-13(21)22)14(23)20-6-5-10-1-3-11(4-2-10)15(24)25/h1-4,12H,5-9H2,(H,20,23)(H,24,25)/t12-/m1/s1. The average molecular weight is 358 g/mol. The van der Waals surface area contributed by atoms with Crippen molar-refractivity contribution >= 4 is 17.8 Å². The van der Waals surface area contributed by atoms with Crippen molar-refractivity contribution in [3.05, 3.63) is 35.4 Å². The summed E-state index contributed by atoms with van der Waals surface area (Å²) in [5, 5.41) is 11.4. The molecule has 0 radical (unpaired) electrons. The molecule has 6 nitrogen and oxygen atoms in total. The van der Waals surface area contributed by atoms with Crippen LogP contribution < -0.4 is 5.32 Å². The topological polar surface area (TPSA) is 86.7 Å². The van der Waals surface area contributed by atoms with Crippen LogP contribution in [0.5, 0.6) is 0 Å². The lowest BCUT2D eigenvalue weighted by Gasteiger charge is -2.18. The number of hydrogen-bond acceptors (Lipinski definition) is 3. The maximum absolute atomic E-state index is 12.3. The molecule has 2 N–H and O–H groups in total. The number of benzene rings is 1. The fourth-order valence-electron chi connectivity index (χ4n) is 2.61. The highest BCUT2D eigenvalue weighted by molar-refractivity contribution is 5.89. The number of amides is 2. The third-order valence-electron chi connectivity index (χ3n) is 3.87. The van der Waals surface area contributed by atoms with Crippen LogP contribution in [0, 0.1) is 5.92 Å². The molecule has 136 valence electrons. The summed E-state index contributed by atoms with van der Waals surface area (Å²) in [7, 11) is 0. The second-order valence-electron chi connectivity index (χ2n) is 5.83. The number of carbonyl (C=O) groups is 3. The zero-order valence-electron chi connectivity index (χ0n) is 13.2. The zero-order chi connectivity index (χ0) is 18.6. The van der Waals surface area contributed by atoms with Gasteiger partial charge in [-0.05, 0) is 24.1 Å². The lowest BCUT2D eigenvalue weighted by Crippen LogP contribution is -2.37. The van der Waals surface area contributed by atoms with E-state index >= 15 is 0 Å². The number of carboxylic acids is 1. The molecule has 0 saturated carbocycles. The van der Waals surface area contributed by atoms with Crippen molar-refractivity contribution in [1.29, 1.82) is 0 Å². The summed E-state index contributed by atoms with van der Waals surface area (Å²) in [6.07, 6.45) is -4.27. The van der Waals surface area contributed by atoms with Gasteiger partial charge in [0.05, 0.1) is 11.5 Å². The zero-order valence-corrected chi connectivity index (χ0v) is 13.2. The smallest absolute Gasteiger partial charge is 0.406 e. The summed E-state index contributed by atoms with van der Waals surface area (Å²) in [6, 6.07) is 6.15. The fourth-order valence-corrected chi connectivity index (χ4v) is 2.61. The number of hydrogen-bond donors (Lipinski definition) is 2. The number of nitrogens with one attached hydrogen (secondary N) is 1. The average Bonchev–Trinajstić information content (AvgIpc) is 2.87. The van der Waals surface area contributed by atoms with Crippen LogP contribution in [0.2, 0.25) is 0 Å². The number of aromatic carboxylic acids is 1. The maximum atomic E-state index is 12.3. The molecule has 1 aromatic carbocycles. The Labute approximate surface area is 141 Å². The first kappa shape index (κ1) is 18.8. The predicted octanol–water partition coefficient (Wildman–Crippen LogP) is 1.45. The van der Waals surface area contributed by atoms with Crippen molar-refractivity contribution < 1.29 is 32.7 Å². The molecule has 1 atom stereocenters. The number of halogens is 3. The van der Waals surface area contributed by atoms with Crippen LogP contribution in [0.1, 0.15) is 22.3 Å². The highest BCUT2D eigenvalue weighted by Crippen LogP contribution is 2.23. The molecule has 1 heterocycles. The van der Waals surface area contributed by atoms with Crippen molar-refractivity contribution in [2.45, 2.75) is 19.0 Å². The van der Waals surface area contributed by atoms with E-state index in [0.717, 1.165) is 5.56 Å². The van der Waals surface area contributed by atoms with Crippen molar-refractivity contribution in [3.63, 3.8) is 0 Å². The molecule has 1 aliphatic rings. The minimum absolute atomic E-state index is 0.155. The van der Waals surface area contributed by atoms with Crippen LogP contribution in [0.25, 0.3) is 0 Å². The third-order valence-corrected chi connectivity index (χ3v) is 3.87. The van der Waals surface area contributed by atoms with E-state index in [9.17, 15) is 27.6 Å². The normalized spacial score (nSPS) is 17.6. The van der Waals surface area contributed by atoms with Gasteiger partial charge in [0.2, 0.25) is 11.8 Å². The van der Waals surface area contributed by atoms with Gasteiger partial charge in [-0.1, -0.05) is 12.1 Å². The number of likely N-dealkylation sites (tertiary alicyclic amines) is 1. The molecule has 2 amide bonds. The number of carboxylic acid groups (broad SMARTS) is 1. The Morgan fingerprint density at radius 2 is 1.88 bits per heavy atom. The number of nitrogens with zero attached hydrogens (tertiary/aromatic N) is 1. The van der Waals surface area contributed by atoms with Gasteiger partial charge in [0.15, 0.2) is 0 Å². The molecule has 0 aromatic heterocycles. The second-order valence-corrected chi connectivity index (χ2v) is 5.83. The van der Waals surface area contributed by atoms with Crippen LogP contribution >= 0.6 is 0 Å². The van der Waals surface area contributed by atoms with Gasteiger partial charge in [0, 0.05) is 19.5 Å². The van der Waals surface area contributed by atoms with E-state index < -0.39 is 36.4 Å². The van der Waals surface area contributed by atoms with Gasteiger partial charge in [-0.3, -0.25) is 9.59 Å². The van der Waals surface area contributed by atoms with Gasteiger partial charge in [-0.25, -0.2) is 4.79 Å². The van der Waals surface area contributed by atoms with Crippen molar-refractivity contribution in [2.75, 3.05) is 19.6 Å². The minimum atomic E-state index is -4.48. The monoisotopic (exact) mass is 358 g/mol. The Kier molecular flexibility index (Phi) is 5.66. The maximum Gasteiger partial charge on any atom is 0.406 e. The lowest BCUT2D eigenvalue weighted by atomic mass is 10.1. The molecular formula is C16H17F3N2O4. The summed E-state index contributed by atoms with van der Waals surface area (Å²) in [4.78, 5) is 34.9. The van der Waals surface area contributed by atoms with Gasteiger partial charge in [0.25, 0.3) is 0 Å². The Bertz CT molecular complexity index is 658. The summed E-state index contributed by atoms with van der Waals surface area (Å²) >= 11 is 0. The first-order valence-corrected chi connectivity index (χ1v) is 7.60. The predicted molar refractivity (Wildman–Crippen MR) is 80.9 cm³/mol. The number of alkyl halides is 3. The summed E-state index contributed by atoms with van der Waals surface area (Å²) in [5.41, 5.74) is 0.966. The van der Waals surface area contributed by atoms with Crippen LogP contribution in [-0.4, -0.2) is 53.6 Å². The Morgan fingerprint density at radius 1 is 1.24 bits per heavy atom. The van der Waals surface area contributed by atoms with Gasteiger partial charge >= 0.3 is 12.1 Å². The van der Waals surface area contributed by atoms with Crippen LogP contribution in [0.4, 0.5) is 13.2 Å². The fraction of sp³-hybridized carbons (Fsp3) is 0.438. The second kappa shape index (κ2) is 7.54. The molecule has 25 heavy (non-hydrogen) atoms. The highest BCUT2D eigenvalue weighted by Gasteiger charge is 2.40. The largest absolute Gasteiger partial charge is 0.478 e. The first-order chi connectivity index (χ1) is 11.7. The van der Waals surface area contributed by atoms with Gasteiger partial charge in [0.1, 0.15) is 6.54 Å². The van der Waals surface area contributed by atoms with Crippen LogP contribution in [0.3, 0.4) is 0 Å². The van der Waals surface area contributed by atoms with Gasteiger partial charge in [-0.2, -0.15) is 13.2 Å². The van der Waals surface area contributed by atoms with E-state index in [1.807, 2.05) is 0 Å². The molecule has 1 saturated heterocycles. The molecule has 2 rings (SSSR count). The van der Waals surface area contributed by atoms with Crippen molar-refractivity contribution in [1.82, 2.24) is 10.2 Å². The molecule has 9 heteroatoms. The van der Waals surface area contributed by atoms with E-state index in [0.29, 0.717) is 11.3 Å². The highest BCUT2D eigenvalue weighted by atomic mass is 19.4. The molecule has 1 fully saturated rings. The number of rotatable bonds is 6. The Balaban J connectivity index is 1.79. The molecule has 0 aliphatic carbocycles.